The Hall–Kier alpha value is -3.09. The molecule has 1 aromatic heterocycles. The lowest BCUT2D eigenvalue weighted by molar-refractivity contribution is -0.122. The third kappa shape index (κ3) is 3.13. The molecule has 0 bridgehead atoms. The summed E-state index contributed by atoms with van der Waals surface area (Å²) in [5.41, 5.74) is 1.39. The van der Waals surface area contributed by atoms with Crippen LogP contribution in [0.2, 0.25) is 0 Å². The highest BCUT2D eigenvalue weighted by molar-refractivity contribution is 6.03. The van der Waals surface area contributed by atoms with Gasteiger partial charge in [-0.3, -0.25) is 14.6 Å². The monoisotopic (exact) mass is 339 g/mol. The maximum Gasteiger partial charge on any atom is 0.229 e. The maximum atomic E-state index is 12.4. The number of nitrogens with one attached hydrogen (secondary N) is 1. The topological polar surface area (TPSA) is 80.8 Å². The molecule has 2 aliphatic rings. The molecule has 1 fully saturated rings. The summed E-state index contributed by atoms with van der Waals surface area (Å²) < 4.78 is 11.1. The van der Waals surface area contributed by atoms with E-state index in [1.807, 2.05) is 6.07 Å². The van der Waals surface area contributed by atoms with Gasteiger partial charge in [-0.1, -0.05) is 0 Å². The number of pyridine rings is 1. The molecule has 2 aromatic rings. The van der Waals surface area contributed by atoms with Crippen LogP contribution in [0.3, 0.4) is 0 Å². The Balaban J connectivity index is 1.48. The maximum absolute atomic E-state index is 12.4. The van der Waals surface area contributed by atoms with Crippen molar-refractivity contribution >= 4 is 23.2 Å². The Labute approximate surface area is 144 Å². The number of benzene rings is 1. The van der Waals surface area contributed by atoms with Gasteiger partial charge in [0.1, 0.15) is 13.2 Å². The first-order chi connectivity index (χ1) is 12.2. The van der Waals surface area contributed by atoms with Crippen LogP contribution in [0, 0.1) is 5.92 Å². The molecule has 0 saturated carbocycles. The van der Waals surface area contributed by atoms with E-state index in [0.717, 1.165) is 0 Å². The van der Waals surface area contributed by atoms with Gasteiger partial charge in [0.2, 0.25) is 11.8 Å². The van der Waals surface area contributed by atoms with Crippen LogP contribution >= 0.6 is 0 Å². The van der Waals surface area contributed by atoms with Gasteiger partial charge < -0.3 is 19.7 Å². The summed E-state index contributed by atoms with van der Waals surface area (Å²) in [5.74, 6) is 0.662. The molecule has 128 valence electrons. The Morgan fingerprint density at radius 2 is 1.88 bits per heavy atom. The van der Waals surface area contributed by atoms with Gasteiger partial charge in [0.25, 0.3) is 0 Å². The molecule has 7 heteroatoms. The Kier molecular flexibility index (Phi) is 3.97. The van der Waals surface area contributed by atoms with Gasteiger partial charge in [0, 0.05) is 42.8 Å². The van der Waals surface area contributed by atoms with Crippen molar-refractivity contribution in [2.75, 3.05) is 30.0 Å². The molecule has 2 amide bonds. The van der Waals surface area contributed by atoms with E-state index in [4.69, 9.17) is 9.47 Å². The molecule has 7 nitrogen and oxygen atoms in total. The number of rotatable bonds is 3. The Bertz CT molecular complexity index is 809. The average molecular weight is 339 g/mol. The van der Waals surface area contributed by atoms with Crippen molar-refractivity contribution < 1.29 is 19.1 Å². The normalized spacial score (nSPS) is 19.0. The second kappa shape index (κ2) is 6.43. The molecular weight excluding hydrogens is 322 g/mol. The third-order valence-corrected chi connectivity index (χ3v) is 4.28. The Morgan fingerprint density at radius 3 is 2.68 bits per heavy atom. The number of carbonyl (C=O) groups is 2. The molecule has 0 spiro atoms. The number of fused-ring (bicyclic) bond motifs is 1. The van der Waals surface area contributed by atoms with E-state index >= 15 is 0 Å². The first-order valence-electron chi connectivity index (χ1n) is 8.11. The molecule has 25 heavy (non-hydrogen) atoms. The van der Waals surface area contributed by atoms with E-state index in [9.17, 15) is 9.59 Å². The van der Waals surface area contributed by atoms with E-state index in [-0.39, 0.29) is 18.2 Å². The highest BCUT2D eigenvalue weighted by atomic mass is 16.6. The van der Waals surface area contributed by atoms with Crippen molar-refractivity contribution in [3.05, 3.63) is 42.7 Å². The summed E-state index contributed by atoms with van der Waals surface area (Å²) in [4.78, 5) is 30.3. The zero-order valence-electron chi connectivity index (χ0n) is 13.5. The van der Waals surface area contributed by atoms with Gasteiger partial charge in [0.15, 0.2) is 11.5 Å². The molecule has 1 atom stereocenters. The third-order valence-electron chi connectivity index (χ3n) is 4.28. The van der Waals surface area contributed by atoms with Crippen LogP contribution in [0.25, 0.3) is 0 Å². The van der Waals surface area contributed by atoms with Crippen LogP contribution in [0.15, 0.2) is 42.7 Å². The number of carbonyl (C=O) groups excluding carboxylic acids is 2. The van der Waals surface area contributed by atoms with E-state index in [1.165, 1.54) is 0 Å². The summed E-state index contributed by atoms with van der Waals surface area (Å²) in [7, 11) is 0. The van der Waals surface area contributed by atoms with Gasteiger partial charge in [-0.25, -0.2) is 0 Å². The fourth-order valence-electron chi connectivity index (χ4n) is 3.01. The summed E-state index contributed by atoms with van der Waals surface area (Å²) in [6.07, 6.45) is 3.40. The largest absolute Gasteiger partial charge is 0.486 e. The van der Waals surface area contributed by atoms with E-state index < -0.39 is 5.92 Å². The van der Waals surface area contributed by atoms with Gasteiger partial charge in [-0.15, -0.1) is 0 Å². The van der Waals surface area contributed by atoms with Crippen LogP contribution < -0.4 is 19.7 Å². The van der Waals surface area contributed by atoms with Crippen LogP contribution in [0.4, 0.5) is 11.4 Å². The second-order valence-corrected chi connectivity index (χ2v) is 5.96. The highest BCUT2D eigenvalue weighted by Crippen LogP contribution is 2.36. The second-order valence-electron chi connectivity index (χ2n) is 5.96. The van der Waals surface area contributed by atoms with Crippen molar-refractivity contribution in [3.63, 3.8) is 0 Å². The van der Waals surface area contributed by atoms with Crippen LogP contribution in [-0.2, 0) is 9.59 Å². The molecule has 3 heterocycles. The Morgan fingerprint density at radius 1 is 1.12 bits per heavy atom. The van der Waals surface area contributed by atoms with Gasteiger partial charge >= 0.3 is 0 Å². The van der Waals surface area contributed by atoms with Crippen molar-refractivity contribution in [1.29, 1.82) is 0 Å². The molecular formula is C18H17N3O4. The predicted octanol–water partition coefficient (Wildman–Crippen LogP) is 1.84. The van der Waals surface area contributed by atoms with E-state index in [1.54, 1.807) is 41.6 Å². The molecule has 2 aliphatic heterocycles. The summed E-state index contributed by atoms with van der Waals surface area (Å²) in [5, 5.41) is 2.82. The number of hydrogen-bond donors (Lipinski definition) is 1. The highest BCUT2D eigenvalue weighted by Gasteiger charge is 2.35. The lowest BCUT2D eigenvalue weighted by Crippen LogP contribution is -2.28. The fourth-order valence-corrected chi connectivity index (χ4v) is 3.01. The molecule has 1 aromatic carbocycles. The fraction of sp³-hybridized carbons (Fsp3) is 0.278. The summed E-state index contributed by atoms with van der Waals surface area (Å²) in [6, 6.07) is 8.83. The lowest BCUT2D eigenvalue weighted by Gasteiger charge is -2.22. The van der Waals surface area contributed by atoms with Gasteiger partial charge in [-0.2, -0.15) is 0 Å². The molecule has 4 rings (SSSR count). The number of ether oxygens (including phenoxy) is 2. The predicted molar refractivity (Wildman–Crippen MR) is 90.8 cm³/mol. The first-order valence-corrected chi connectivity index (χ1v) is 8.11. The van der Waals surface area contributed by atoms with Gasteiger partial charge in [-0.05, 0) is 24.3 Å². The number of hydrogen-bond acceptors (Lipinski definition) is 5. The molecule has 1 N–H and O–H groups in total. The molecule has 1 saturated heterocycles. The zero-order valence-corrected chi connectivity index (χ0v) is 13.5. The zero-order chi connectivity index (χ0) is 17.2. The molecule has 0 radical (unpaired) electrons. The minimum absolute atomic E-state index is 0.0773. The smallest absolute Gasteiger partial charge is 0.229 e. The number of aromatic nitrogens is 1. The van der Waals surface area contributed by atoms with Crippen LogP contribution in [0.5, 0.6) is 11.5 Å². The average Bonchev–Trinajstić information content (AvgIpc) is 3.04. The van der Waals surface area contributed by atoms with Crippen molar-refractivity contribution in [3.8, 4) is 11.5 Å². The van der Waals surface area contributed by atoms with E-state index in [0.29, 0.717) is 42.6 Å². The standard InChI is InChI=1S/C18H17N3O4/c22-17-9-12(18(23)20-13-3-5-19-6-4-13)11-21(17)14-1-2-15-16(10-14)25-8-7-24-15/h1-6,10,12H,7-9,11H2,(H,19,20,23)/t12-/m1/s1. The number of anilines is 2. The van der Waals surface area contributed by atoms with Gasteiger partial charge in [0.05, 0.1) is 5.92 Å². The van der Waals surface area contributed by atoms with Crippen LogP contribution in [0.1, 0.15) is 6.42 Å². The SMILES string of the molecule is O=C(Nc1ccncc1)[C@@H]1CC(=O)N(c2ccc3c(c2)OCCO3)C1. The number of amides is 2. The minimum atomic E-state index is -0.395. The summed E-state index contributed by atoms with van der Waals surface area (Å²) >= 11 is 0. The van der Waals surface area contributed by atoms with Crippen molar-refractivity contribution in [2.24, 2.45) is 5.92 Å². The lowest BCUT2D eigenvalue weighted by atomic mass is 10.1. The quantitative estimate of drug-likeness (QED) is 0.923. The van der Waals surface area contributed by atoms with Crippen molar-refractivity contribution in [2.45, 2.75) is 6.42 Å². The van der Waals surface area contributed by atoms with Crippen molar-refractivity contribution in [1.82, 2.24) is 4.98 Å². The first kappa shape index (κ1) is 15.4. The molecule has 0 unspecified atom stereocenters. The minimum Gasteiger partial charge on any atom is -0.486 e. The number of nitrogens with zero attached hydrogens (tertiary/aromatic N) is 2. The molecule has 0 aliphatic carbocycles. The van der Waals surface area contributed by atoms with E-state index in [2.05, 4.69) is 10.3 Å². The van der Waals surface area contributed by atoms with Crippen LogP contribution in [-0.4, -0.2) is 36.6 Å². The summed E-state index contributed by atoms with van der Waals surface area (Å²) in [6.45, 7) is 1.35.